The molecule has 8 nitrogen and oxygen atoms in total. The number of ether oxygens (including phenoxy) is 2. The predicted octanol–water partition coefficient (Wildman–Crippen LogP) is 5.80. The topological polar surface area (TPSA) is 90.6 Å². The molecule has 2 heterocycles. The summed E-state index contributed by atoms with van der Waals surface area (Å²) in [5, 5.41) is 11.3. The Labute approximate surface area is 205 Å². The number of carbonyl (C=O) groups excluding carboxylic acids is 1. The molecule has 0 aliphatic heterocycles. The Hall–Kier alpha value is -3.37. The summed E-state index contributed by atoms with van der Waals surface area (Å²) in [5.41, 5.74) is 4.53. The smallest absolute Gasteiger partial charge is 0.277 e. The molecule has 0 bridgehead atoms. The van der Waals surface area contributed by atoms with Crippen molar-refractivity contribution in [2.45, 2.75) is 31.7 Å². The number of methoxy groups -OCH3 is 2. The summed E-state index contributed by atoms with van der Waals surface area (Å²) in [6.45, 7) is 5.57. The van der Waals surface area contributed by atoms with Crippen LogP contribution in [-0.2, 0) is 10.5 Å². The molecule has 4 rings (SSSR count). The van der Waals surface area contributed by atoms with E-state index in [9.17, 15) is 4.79 Å². The third-order valence-corrected chi connectivity index (χ3v) is 6.71. The Morgan fingerprint density at radius 2 is 1.82 bits per heavy atom. The molecule has 0 radical (unpaired) electrons. The van der Waals surface area contributed by atoms with Gasteiger partial charge in [-0.3, -0.25) is 9.69 Å². The van der Waals surface area contributed by atoms with Crippen LogP contribution in [0.4, 0.5) is 10.8 Å². The number of anilines is 2. The van der Waals surface area contributed by atoms with Gasteiger partial charge in [-0.05, 0) is 37.6 Å². The first-order chi connectivity index (χ1) is 16.4. The highest BCUT2D eigenvalue weighted by Gasteiger charge is 2.20. The highest BCUT2D eigenvalue weighted by Crippen LogP contribution is 2.34. The lowest BCUT2D eigenvalue weighted by atomic mass is 10.1. The van der Waals surface area contributed by atoms with Gasteiger partial charge in [0.2, 0.25) is 11.8 Å². The van der Waals surface area contributed by atoms with Gasteiger partial charge in [0.15, 0.2) is 5.13 Å². The second kappa shape index (κ2) is 10.3. The van der Waals surface area contributed by atoms with E-state index in [1.807, 2.05) is 31.4 Å². The van der Waals surface area contributed by atoms with E-state index in [1.165, 1.54) is 23.1 Å². The predicted molar refractivity (Wildman–Crippen MR) is 133 cm³/mol. The minimum absolute atomic E-state index is 0.0873. The Kier molecular flexibility index (Phi) is 7.18. The first-order valence-corrected chi connectivity index (χ1v) is 12.3. The number of aryl methyl sites for hydroxylation is 2. The van der Waals surface area contributed by atoms with Crippen LogP contribution in [0, 0.1) is 13.8 Å². The van der Waals surface area contributed by atoms with Gasteiger partial charge in [-0.25, -0.2) is 4.98 Å². The molecule has 10 heteroatoms. The molecule has 2 aromatic heterocycles. The molecule has 0 aliphatic carbocycles. The first-order valence-electron chi connectivity index (χ1n) is 10.4. The molecule has 0 saturated heterocycles. The van der Waals surface area contributed by atoms with Crippen LogP contribution < -0.4 is 14.4 Å². The van der Waals surface area contributed by atoms with Gasteiger partial charge in [-0.2, -0.15) is 0 Å². The van der Waals surface area contributed by atoms with Crippen molar-refractivity contribution < 1.29 is 18.7 Å². The summed E-state index contributed by atoms with van der Waals surface area (Å²) < 4.78 is 16.4. The Morgan fingerprint density at radius 3 is 2.47 bits per heavy atom. The second-order valence-electron chi connectivity index (χ2n) is 7.53. The number of hydrogen-bond donors (Lipinski definition) is 0. The zero-order valence-corrected chi connectivity index (χ0v) is 21.1. The maximum atomic E-state index is 12.4. The number of rotatable bonds is 8. The largest absolute Gasteiger partial charge is 0.497 e. The van der Waals surface area contributed by atoms with Crippen LogP contribution in [0.3, 0.4) is 0 Å². The molecule has 0 fully saturated rings. The van der Waals surface area contributed by atoms with Crippen LogP contribution >= 0.6 is 23.1 Å². The van der Waals surface area contributed by atoms with Crippen molar-refractivity contribution >= 4 is 39.8 Å². The van der Waals surface area contributed by atoms with Crippen LogP contribution in [0.5, 0.6) is 11.5 Å². The summed E-state index contributed by atoms with van der Waals surface area (Å²) in [6.07, 6.45) is 0. The van der Waals surface area contributed by atoms with E-state index in [0.717, 1.165) is 22.5 Å². The SMILES string of the molecule is COc1cc(OC)cc(-c2nnc(SCc3csc(N(C(C)=O)c4ccc(C)cc4C)n3)o2)c1. The molecule has 1 amide bonds. The van der Waals surface area contributed by atoms with Gasteiger partial charge in [0, 0.05) is 29.7 Å². The molecular formula is C24H24N4O4S2. The van der Waals surface area contributed by atoms with Crippen molar-refractivity contribution in [1.29, 1.82) is 0 Å². The van der Waals surface area contributed by atoms with Crippen molar-refractivity contribution in [3.05, 3.63) is 58.6 Å². The molecular weight excluding hydrogens is 472 g/mol. The van der Waals surface area contributed by atoms with Gasteiger partial charge in [-0.1, -0.05) is 29.5 Å². The lowest BCUT2D eigenvalue weighted by Crippen LogP contribution is -2.23. The number of aromatic nitrogens is 3. The Bertz CT molecular complexity index is 1300. The van der Waals surface area contributed by atoms with Gasteiger partial charge in [0.1, 0.15) is 11.5 Å². The van der Waals surface area contributed by atoms with Crippen molar-refractivity contribution in [3.63, 3.8) is 0 Å². The fourth-order valence-electron chi connectivity index (χ4n) is 3.38. The summed E-state index contributed by atoms with van der Waals surface area (Å²) in [7, 11) is 3.17. The summed E-state index contributed by atoms with van der Waals surface area (Å²) in [6, 6.07) is 11.4. The number of carbonyl (C=O) groups is 1. The van der Waals surface area contributed by atoms with Gasteiger partial charge in [-0.15, -0.1) is 21.5 Å². The van der Waals surface area contributed by atoms with E-state index < -0.39 is 0 Å². The third kappa shape index (κ3) is 5.23. The fourth-order valence-corrected chi connectivity index (χ4v) is 5.02. The van der Waals surface area contributed by atoms with E-state index >= 15 is 0 Å². The van der Waals surface area contributed by atoms with E-state index in [4.69, 9.17) is 13.9 Å². The van der Waals surface area contributed by atoms with Crippen LogP contribution in [0.2, 0.25) is 0 Å². The van der Waals surface area contributed by atoms with E-state index in [2.05, 4.69) is 21.2 Å². The second-order valence-corrected chi connectivity index (χ2v) is 9.29. The molecule has 0 saturated carbocycles. The maximum absolute atomic E-state index is 12.4. The minimum Gasteiger partial charge on any atom is -0.497 e. The Balaban J connectivity index is 1.48. The Morgan fingerprint density at radius 1 is 1.09 bits per heavy atom. The van der Waals surface area contributed by atoms with E-state index in [-0.39, 0.29) is 5.91 Å². The molecule has 34 heavy (non-hydrogen) atoms. The minimum atomic E-state index is -0.0873. The molecule has 2 aromatic carbocycles. The van der Waals surface area contributed by atoms with Gasteiger partial charge < -0.3 is 13.9 Å². The summed E-state index contributed by atoms with van der Waals surface area (Å²) in [5.74, 6) is 2.08. The van der Waals surface area contributed by atoms with Gasteiger partial charge in [0.05, 0.1) is 25.6 Å². The lowest BCUT2D eigenvalue weighted by molar-refractivity contribution is -0.115. The maximum Gasteiger partial charge on any atom is 0.277 e. The van der Waals surface area contributed by atoms with Crippen molar-refractivity contribution in [2.24, 2.45) is 0 Å². The lowest BCUT2D eigenvalue weighted by Gasteiger charge is -2.20. The average Bonchev–Trinajstić information content (AvgIpc) is 3.48. The van der Waals surface area contributed by atoms with Crippen LogP contribution in [-0.4, -0.2) is 35.3 Å². The van der Waals surface area contributed by atoms with Gasteiger partial charge >= 0.3 is 0 Å². The van der Waals surface area contributed by atoms with Crippen molar-refractivity contribution in [2.75, 3.05) is 19.1 Å². The molecule has 0 aliphatic rings. The quantitative estimate of drug-likeness (QED) is 0.283. The normalized spacial score (nSPS) is 10.9. The number of thioether (sulfide) groups is 1. The molecule has 0 unspecified atom stereocenters. The number of nitrogens with zero attached hydrogens (tertiary/aromatic N) is 4. The van der Waals surface area contributed by atoms with E-state index in [1.54, 1.807) is 44.2 Å². The number of thiazole rings is 1. The molecule has 0 atom stereocenters. The molecule has 0 spiro atoms. The van der Waals surface area contributed by atoms with Crippen LogP contribution in [0.1, 0.15) is 23.7 Å². The highest BCUT2D eigenvalue weighted by atomic mass is 32.2. The zero-order chi connectivity index (χ0) is 24.2. The monoisotopic (exact) mass is 496 g/mol. The number of hydrogen-bond acceptors (Lipinski definition) is 9. The number of benzene rings is 2. The molecule has 4 aromatic rings. The van der Waals surface area contributed by atoms with Gasteiger partial charge in [0.25, 0.3) is 5.22 Å². The highest BCUT2D eigenvalue weighted by molar-refractivity contribution is 7.98. The summed E-state index contributed by atoms with van der Waals surface area (Å²) >= 11 is 2.81. The molecule has 0 N–H and O–H groups in total. The standard InChI is InChI=1S/C24H24N4O4S2/c1-14-6-7-21(15(2)8-14)28(16(3)29)23-25-18(12-33-23)13-34-24-27-26-22(32-24)17-9-19(30-4)11-20(10-17)31-5/h6-12H,13H2,1-5H3. The fraction of sp³-hybridized carbons (Fsp3) is 0.250. The third-order valence-electron chi connectivity index (χ3n) is 4.99. The van der Waals surface area contributed by atoms with E-state index in [0.29, 0.717) is 39.1 Å². The summed E-state index contributed by atoms with van der Waals surface area (Å²) in [4.78, 5) is 18.8. The first kappa shape index (κ1) is 23.8. The van der Waals surface area contributed by atoms with Crippen molar-refractivity contribution in [3.8, 4) is 23.0 Å². The zero-order valence-electron chi connectivity index (χ0n) is 19.5. The van der Waals surface area contributed by atoms with Crippen molar-refractivity contribution in [1.82, 2.24) is 15.2 Å². The number of amides is 1. The average molecular weight is 497 g/mol. The van der Waals surface area contributed by atoms with Crippen LogP contribution in [0.15, 0.2) is 51.4 Å². The van der Waals surface area contributed by atoms with Crippen LogP contribution in [0.25, 0.3) is 11.5 Å². The molecule has 176 valence electrons.